The fourth-order valence-corrected chi connectivity index (χ4v) is 4.00. The van der Waals surface area contributed by atoms with Gasteiger partial charge in [0.05, 0.1) is 23.9 Å². The zero-order valence-electron chi connectivity index (χ0n) is 14.9. The molecular weight excluding hydrogens is 348 g/mol. The third-order valence-corrected chi connectivity index (χ3v) is 5.60. The molecule has 1 fully saturated rings. The van der Waals surface area contributed by atoms with Crippen LogP contribution in [0.25, 0.3) is 5.65 Å². The van der Waals surface area contributed by atoms with E-state index in [1.807, 2.05) is 18.3 Å². The highest BCUT2D eigenvalue weighted by Crippen LogP contribution is 2.16. The van der Waals surface area contributed by atoms with Crippen LogP contribution in [0.2, 0.25) is 0 Å². The summed E-state index contributed by atoms with van der Waals surface area (Å²) in [4.78, 5) is 23.9. The van der Waals surface area contributed by atoms with Crippen LogP contribution in [-0.4, -0.2) is 40.7 Å². The number of morpholine rings is 1. The van der Waals surface area contributed by atoms with E-state index >= 15 is 0 Å². The molecular formula is C19H22N4O2S. The monoisotopic (exact) mass is 370 g/mol. The number of fused-ring (bicyclic) bond motifs is 1. The summed E-state index contributed by atoms with van der Waals surface area (Å²) in [6.45, 7) is 5.01. The van der Waals surface area contributed by atoms with Crippen molar-refractivity contribution in [3.8, 4) is 0 Å². The second kappa shape index (κ2) is 7.55. The maximum atomic E-state index is 12.4. The van der Waals surface area contributed by atoms with Crippen molar-refractivity contribution in [3.05, 3.63) is 56.4 Å². The molecule has 4 heterocycles. The highest BCUT2D eigenvalue weighted by molar-refractivity contribution is 7.09. The fourth-order valence-electron chi connectivity index (χ4n) is 3.12. The largest absolute Gasteiger partial charge is 0.378 e. The Bertz CT molecular complexity index is 960. The van der Waals surface area contributed by atoms with Crippen molar-refractivity contribution in [1.82, 2.24) is 14.4 Å². The highest BCUT2D eigenvalue weighted by Gasteiger charge is 2.14. The van der Waals surface area contributed by atoms with Crippen molar-refractivity contribution < 1.29 is 4.74 Å². The number of anilines is 1. The van der Waals surface area contributed by atoms with Crippen LogP contribution in [0.15, 0.2) is 34.6 Å². The van der Waals surface area contributed by atoms with E-state index < -0.39 is 0 Å². The summed E-state index contributed by atoms with van der Waals surface area (Å²) >= 11 is 1.72. The molecule has 0 amide bonds. The van der Waals surface area contributed by atoms with Gasteiger partial charge in [0, 0.05) is 37.2 Å². The summed E-state index contributed by atoms with van der Waals surface area (Å²) in [7, 11) is 0. The number of pyridine rings is 1. The predicted molar refractivity (Wildman–Crippen MR) is 103 cm³/mol. The molecule has 136 valence electrons. The lowest BCUT2D eigenvalue weighted by molar-refractivity contribution is 0.122. The molecule has 0 N–H and O–H groups in total. The first-order valence-electron chi connectivity index (χ1n) is 9.01. The SMILES string of the molecule is CCc1csc(CCc2ccn3c(=O)cc(N4CCOCC4)nc3c2)n1. The highest BCUT2D eigenvalue weighted by atomic mass is 32.1. The van der Waals surface area contributed by atoms with Gasteiger partial charge in [-0.1, -0.05) is 6.92 Å². The Kier molecular flexibility index (Phi) is 4.99. The Hall–Kier alpha value is -2.25. The molecule has 1 aliphatic rings. The average molecular weight is 370 g/mol. The summed E-state index contributed by atoms with van der Waals surface area (Å²) in [5, 5.41) is 3.29. The Balaban J connectivity index is 1.57. The summed E-state index contributed by atoms with van der Waals surface area (Å²) in [6, 6.07) is 5.62. The normalized spacial score (nSPS) is 14.9. The number of nitrogens with zero attached hydrogens (tertiary/aromatic N) is 4. The van der Waals surface area contributed by atoms with Crippen molar-refractivity contribution in [3.63, 3.8) is 0 Å². The van der Waals surface area contributed by atoms with Crippen LogP contribution in [0.1, 0.15) is 23.2 Å². The predicted octanol–water partition coefficient (Wildman–Crippen LogP) is 2.34. The summed E-state index contributed by atoms with van der Waals surface area (Å²) in [5.74, 6) is 0.739. The molecule has 0 radical (unpaired) electrons. The lowest BCUT2D eigenvalue weighted by Gasteiger charge is -2.27. The third kappa shape index (κ3) is 3.64. The number of thiazole rings is 1. The molecule has 1 saturated heterocycles. The summed E-state index contributed by atoms with van der Waals surface area (Å²) < 4.78 is 6.99. The van der Waals surface area contributed by atoms with Crippen molar-refractivity contribution in [2.24, 2.45) is 0 Å². The van der Waals surface area contributed by atoms with Gasteiger partial charge in [-0.15, -0.1) is 11.3 Å². The van der Waals surface area contributed by atoms with Crippen LogP contribution in [0, 0.1) is 0 Å². The molecule has 0 atom stereocenters. The van der Waals surface area contributed by atoms with Gasteiger partial charge in [-0.3, -0.25) is 9.20 Å². The van der Waals surface area contributed by atoms with Gasteiger partial charge in [0.1, 0.15) is 11.5 Å². The van der Waals surface area contributed by atoms with Gasteiger partial charge >= 0.3 is 0 Å². The molecule has 0 aromatic carbocycles. The van der Waals surface area contributed by atoms with E-state index in [2.05, 4.69) is 22.2 Å². The Morgan fingerprint density at radius 1 is 1.19 bits per heavy atom. The van der Waals surface area contributed by atoms with Crippen LogP contribution in [0.3, 0.4) is 0 Å². The van der Waals surface area contributed by atoms with Gasteiger partial charge in [-0.05, 0) is 30.5 Å². The average Bonchev–Trinajstić information content (AvgIpc) is 3.15. The Morgan fingerprint density at radius 3 is 2.81 bits per heavy atom. The molecule has 7 heteroatoms. The first-order valence-corrected chi connectivity index (χ1v) is 9.89. The molecule has 1 aliphatic heterocycles. The molecule has 0 aliphatic carbocycles. The van der Waals surface area contributed by atoms with E-state index in [0.29, 0.717) is 18.9 Å². The molecule has 26 heavy (non-hydrogen) atoms. The number of aromatic nitrogens is 3. The molecule has 3 aromatic heterocycles. The van der Waals surface area contributed by atoms with E-state index in [-0.39, 0.29) is 5.56 Å². The lowest BCUT2D eigenvalue weighted by atomic mass is 10.1. The first kappa shape index (κ1) is 17.2. The van der Waals surface area contributed by atoms with Crippen LogP contribution in [0.4, 0.5) is 5.82 Å². The zero-order chi connectivity index (χ0) is 17.9. The van der Waals surface area contributed by atoms with Crippen molar-refractivity contribution in [2.45, 2.75) is 26.2 Å². The van der Waals surface area contributed by atoms with E-state index in [4.69, 9.17) is 9.72 Å². The van der Waals surface area contributed by atoms with Crippen molar-refractivity contribution in [1.29, 1.82) is 0 Å². The number of hydrogen-bond acceptors (Lipinski definition) is 6. The van der Waals surface area contributed by atoms with Gasteiger partial charge in [0.15, 0.2) is 0 Å². The standard InChI is InChI=1S/C19H22N4O2S/c1-2-15-13-26-18(20-15)4-3-14-5-6-23-17(11-14)21-16(12-19(23)24)22-7-9-25-10-8-22/h5-6,11-13H,2-4,7-10H2,1H3. The molecule has 6 nitrogen and oxygen atoms in total. The summed E-state index contributed by atoms with van der Waals surface area (Å²) in [6.07, 6.45) is 4.60. The van der Waals surface area contributed by atoms with Crippen LogP contribution >= 0.6 is 11.3 Å². The van der Waals surface area contributed by atoms with Crippen LogP contribution < -0.4 is 10.5 Å². The maximum Gasteiger partial charge on any atom is 0.259 e. The van der Waals surface area contributed by atoms with Gasteiger partial charge in [0.25, 0.3) is 5.56 Å². The van der Waals surface area contributed by atoms with E-state index in [1.54, 1.807) is 21.8 Å². The van der Waals surface area contributed by atoms with Gasteiger partial charge in [-0.2, -0.15) is 0 Å². The third-order valence-electron chi connectivity index (χ3n) is 4.64. The summed E-state index contributed by atoms with van der Waals surface area (Å²) in [5.41, 5.74) is 2.98. The smallest absolute Gasteiger partial charge is 0.259 e. The van der Waals surface area contributed by atoms with Crippen molar-refractivity contribution >= 4 is 22.8 Å². The second-order valence-corrected chi connectivity index (χ2v) is 7.34. The zero-order valence-corrected chi connectivity index (χ0v) is 15.7. The Morgan fingerprint density at radius 2 is 2.04 bits per heavy atom. The van der Waals surface area contributed by atoms with Gasteiger partial charge in [0.2, 0.25) is 0 Å². The van der Waals surface area contributed by atoms with E-state index in [1.165, 1.54) is 5.56 Å². The minimum atomic E-state index is -0.0458. The topological polar surface area (TPSA) is 59.7 Å². The minimum absolute atomic E-state index is 0.0458. The maximum absolute atomic E-state index is 12.4. The van der Waals surface area contributed by atoms with Crippen LogP contribution in [0.5, 0.6) is 0 Å². The quantitative estimate of drug-likeness (QED) is 0.690. The van der Waals surface area contributed by atoms with E-state index in [9.17, 15) is 4.79 Å². The molecule has 3 aromatic rings. The van der Waals surface area contributed by atoms with E-state index in [0.717, 1.165) is 48.9 Å². The first-order chi connectivity index (χ1) is 12.7. The molecule has 0 spiro atoms. The van der Waals surface area contributed by atoms with Crippen LogP contribution in [-0.2, 0) is 24.0 Å². The van der Waals surface area contributed by atoms with Gasteiger partial charge < -0.3 is 9.64 Å². The number of rotatable bonds is 5. The molecule has 0 bridgehead atoms. The minimum Gasteiger partial charge on any atom is -0.378 e. The molecule has 0 saturated carbocycles. The van der Waals surface area contributed by atoms with Crippen molar-refractivity contribution in [2.75, 3.05) is 31.2 Å². The fraction of sp³-hybridized carbons (Fsp3) is 0.421. The Labute approximate surface area is 156 Å². The van der Waals surface area contributed by atoms with Gasteiger partial charge in [-0.25, -0.2) is 9.97 Å². The number of hydrogen-bond donors (Lipinski definition) is 0. The lowest BCUT2D eigenvalue weighted by Crippen LogP contribution is -2.37. The molecule has 4 rings (SSSR count). The number of aryl methyl sites for hydroxylation is 3. The second-order valence-electron chi connectivity index (χ2n) is 6.40. The number of ether oxygens (including phenoxy) is 1. The molecule has 0 unspecified atom stereocenters.